The van der Waals surface area contributed by atoms with Gasteiger partial charge in [0.15, 0.2) is 5.78 Å². The molecule has 0 radical (unpaired) electrons. The molecule has 0 N–H and O–H groups in total. The molecular formula is C15H14FNO2. The average Bonchev–Trinajstić information content (AvgIpc) is 2.76. The van der Waals surface area contributed by atoms with Gasteiger partial charge < -0.3 is 4.74 Å². The number of fused-ring (bicyclic) bond motifs is 2. The number of nitriles is 1. The number of benzene rings is 1. The lowest BCUT2D eigenvalue weighted by molar-refractivity contribution is -0.0149. The van der Waals surface area contributed by atoms with Crippen molar-refractivity contribution in [2.45, 2.75) is 37.9 Å². The van der Waals surface area contributed by atoms with Gasteiger partial charge in [-0.3, -0.25) is 4.79 Å². The van der Waals surface area contributed by atoms with Gasteiger partial charge in [-0.2, -0.15) is 5.26 Å². The minimum atomic E-state index is -0.475. The van der Waals surface area contributed by atoms with E-state index in [2.05, 4.69) is 0 Å². The molecule has 0 aromatic heterocycles. The van der Waals surface area contributed by atoms with Crippen LogP contribution in [-0.2, 0) is 4.74 Å². The normalized spacial score (nSPS) is 28.9. The van der Waals surface area contributed by atoms with Crippen LogP contribution < -0.4 is 0 Å². The number of ether oxygens (including phenoxy) is 1. The second-order valence-corrected chi connectivity index (χ2v) is 5.29. The van der Waals surface area contributed by atoms with Crippen LogP contribution in [0.25, 0.3) is 0 Å². The van der Waals surface area contributed by atoms with Crippen molar-refractivity contribution in [2.24, 2.45) is 5.92 Å². The number of ketones is 1. The number of rotatable bonds is 2. The fourth-order valence-corrected chi connectivity index (χ4v) is 3.11. The van der Waals surface area contributed by atoms with Gasteiger partial charge in [0, 0.05) is 11.5 Å². The fourth-order valence-electron chi connectivity index (χ4n) is 3.11. The van der Waals surface area contributed by atoms with Crippen LogP contribution >= 0.6 is 0 Å². The van der Waals surface area contributed by atoms with E-state index in [0.29, 0.717) is 12.8 Å². The van der Waals surface area contributed by atoms with Gasteiger partial charge >= 0.3 is 0 Å². The molecule has 0 saturated carbocycles. The summed E-state index contributed by atoms with van der Waals surface area (Å²) in [4.78, 5) is 12.5. The molecule has 2 unspecified atom stereocenters. The zero-order valence-corrected chi connectivity index (χ0v) is 10.4. The molecule has 2 heterocycles. The second kappa shape index (κ2) is 4.75. The zero-order valence-electron chi connectivity index (χ0n) is 10.4. The van der Waals surface area contributed by atoms with Crippen molar-refractivity contribution in [2.75, 3.05) is 0 Å². The molecular weight excluding hydrogens is 245 g/mol. The molecule has 3 nitrogen and oxygen atoms in total. The highest BCUT2D eigenvalue weighted by molar-refractivity contribution is 6.00. The predicted molar refractivity (Wildman–Crippen MR) is 66.1 cm³/mol. The molecule has 1 aromatic rings. The molecule has 0 spiro atoms. The van der Waals surface area contributed by atoms with E-state index in [1.165, 1.54) is 18.2 Å². The maximum Gasteiger partial charge on any atom is 0.167 e. The van der Waals surface area contributed by atoms with E-state index in [-0.39, 0.29) is 35.0 Å². The van der Waals surface area contributed by atoms with Gasteiger partial charge in [-0.05, 0) is 43.9 Å². The van der Waals surface area contributed by atoms with Gasteiger partial charge in [0.25, 0.3) is 0 Å². The Labute approximate surface area is 111 Å². The number of hydrogen-bond acceptors (Lipinski definition) is 3. The standard InChI is InChI=1S/C15H14FNO2/c16-11-2-1-9(8-17)14(7-11)15(18)10-5-12-3-4-13(6-10)19-12/h1-2,7,10,12-13H,3-6H2. The molecule has 2 aliphatic heterocycles. The Bertz CT molecular complexity index is 552. The zero-order chi connectivity index (χ0) is 13.4. The Morgan fingerprint density at radius 3 is 2.63 bits per heavy atom. The number of carbonyl (C=O) groups is 1. The Kier molecular flexibility index (Phi) is 3.08. The summed E-state index contributed by atoms with van der Waals surface area (Å²) in [7, 11) is 0. The maximum atomic E-state index is 13.3. The molecule has 2 fully saturated rings. The highest BCUT2D eigenvalue weighted by Gasteiger charge is 2.38. The van der Waals surface area contributed by atoms with Crippen LogP contribution in [0.15, 0.2) is 18.2 Å². The van der Waals surface area contributed by atoms with Crippen molar-refractivity contribution < 1.29 is 13.9 Å². The van der Waals surface area contributed by atoms with E-state index in [4.69, 9.17) is 10.00 Å². The third-order valence-corrected chi connectivity index (χ3v) is 4.03. The number of nitrogens with zero attached hydrogens (tertiary/aromatic N) is 1. The fraction of sp³-hybridized carbons (Fsp3) is 0.467. The lowest BCUT2D eigenvalue weighted by Gasteiger charge is -2.27. The van der Waals surface area contributed by atoms with Crippen molar-refractivity contribution in [3.63, 3.8) is 0 Å². The van der Waals surface area contributed by atoms with Gasteiger partial charge in [0.1, 0.15) is 5.82 Å². The quantitative estimate of drug-likeness (QED) is 0.767. The molecule has 4 heteroatoms. The Hall–Kier alpha value is -1.73. The first-order chi connectivity index (χ1) is 9.17. The van der Waals surface area contributed by atoms with Crippen LogP contribution in [-0.4, -0.2) is 18.0 Å². The van der Waals surface area contributed by atoms with Crippen molar-refractivity contribution in [1.82, 2.24) is 0 Å². The lowest BCUT2D eigenvalue weighted by atomic mass is 9.86. The van der Waals surface area contributed by atoms with Crippen LogP contribution in [0.3, 0.4) is 0 Å². The third-order valence-electron chi connectivity index (χ3n) is 4.03. The van der Waals surface area contributed by atoms with E-state index in [1.807, 2.05) is 6.07 Å². The summed E-state index contributed by atoms with van der Waals surface area (Å²) in [6.07, 6.45) is 3.71. The minimum absolute atomic E-state index is 0.115. The van der Waals surface area contributed by atoms with Crippen molar-refractivity contribution in [3.05, 3.63) is 35.1 Å². The summed E-state index contributed by atoms with van der Waals surface area (Å²) in [6.45, 7) is 0. The summed E-state index contributed by atoms with van der Waals surface area (Å²) in [5.74, 6) is -0.728. The van der Waals surface area contributed by atoms with Gasteiger partial charge in [-0.15, -0.1) is 0 Å². The summed E-state index contributed by atoms with van der Waals surface area (Å²) < 4.78 is 19.0. The lowest BCUT2D eigenvalue weighted by Crippen LogP contribution is -2.30. The molecule has 0 aliphatic carbocycles. The SMILES string of the molecule is N#Cc1ccc(F)cc1C(=O)C1CC2CCC(C1)O2. The Morgan fingerprint density at radius 2 is 2.00 bits per heavy atom. The van der Waals surface area contributed by atoms with Crippen LogP contribution in [0.2, 0.25) is 0 Å². The van der Waals surface area contributed by atoms with Gasteiger partial charge in [-0.25, -0.2) is 4.39 Å². The van der Waals surface area contributed by atoms with E-state index < -0.39 is 5.82 Å². The summed E-state index contributed by atoms with van der Waals surface area (Å²) in [5.41, 5.74) is 0.471. The largest absolute Gasteiger partial charge is 0.375 e. The van der Waals surface area contributed by atoms with Gasteiger partial charge in [0.05, 0.1) is 23.8 Å². The van der Waals surface area contributed by atoms with E-state index in [9.17, 15) is 9.18 Å². The van der Waals surface area contributed by atoms with E-state index >= 15 is 0 Å². The first kappa shape index (κ1) is 12.3. The molecule has 2 saturated heterocycles. The van der Waals surface area contributed by atoms with Crippen molar-refractivity contribution >= 4 is 5.78 Å². The molecule has 2 bridgehead atoms. The van der Waals surface area contributed by atoms with Crippen LogP contribution in [0.5, 0.6) is 0 Å². The maximum absolute atomic E-state index is 13.3. The molecule has 1 aromatic carbocycles. The number of halogens is 1. The van der Waals surface area contributed by atoms with E-state index in [0.717, 1.165) is 12.8 Å². The Balaban J connectivity index is 1.88. The highest BCUT2D eigenvalue weighted by atomic mass is 19.1. The second-order valence-electron chi connectivity index (χ2n) is 5.29. The number of hydrogen-bond donors (Lipinski definition) is 0. The molecule has 2 atom stereocenters. The van der Waals surface area contributed by atoms with Crippen molar-refractivity contribution in [3.8, 4) is 6.07 Å². The van der Waals surface area contributed by atoms with Crippen molar-refractivity contribution in [1.29, 1.82) is 5.26 Å². The minimum Gasteiger partial charge on any atom is -0.375 e. The third kappa shape index (κ3) is 2.26. The van der Waals surface area contributed by atoms with E-state index in [1.54, 1.807) is 0 Å². The van der Waals surface area contributed by atoms with Gasteiger partial charge in [0.2, 0.25) is 0 Å². The van der Waals surface area contributed by atoms with Crippen LogP contribution in [0, 0.1) is 23.1 Å². The van der Waals surface area contributed by atoms with Gasteiger partial charge in [-0.1, -0.05) is 0 Å². The molecule has 2 aliphatic rings. The topological polar surface area (TPSA) is 50.1 Å². The highest BCUT2D eigenvalue weighted by Crippen LogP contribution is 2.37. The summed E-state index contributed by atoms with van der Waals surface area (Å²) in [5, 5.41) is 9.02. The summed E-state index contributed by atoms with van der Waals surface area (Å²) in [6, 6.07) is 5.72. The molecule has 3 rings (SSSR count). The van der Waals surface area contributed by atoms with Crippen LogP contribution in [0.4, 0.5) is 4.39 Å². The number of Topliss-reactive ketones (excluding diaryl/α,β-unsaturated/α-hetero) is 1. The smallest absolute Gasteiger partial charge is 0.167 e. The summed E-state index contributed by atoms with van der Waals surface area (Å²) >= 11 is 0. The predicted octanol–water partition coefficient (Wildman–Crippen LogP) is 2.84. The Morgan fingerprint density at radius 1 is 1.32 bits per heavy atom. The first-order valence-corrected chi connectivity index (χ1v) is 6.56. The van der Waals surface area contributed by atoms with Crippen LogP contribution in [0.1, 0.15) is 41.6 Å². The number of carbonyl (C=O) groups excluding carboxylic acids is 1. The molecule has 0 amide bonds. The monoisotopic (exact) mass is 259 g/mol. The average molecular weight is 259 g/mol. The molecule has 98 valence electrons. The molecule has 19 heavy (non-hydrogen) atoms. The first-order valence-electron chi connectivity index (χ1n) is 6.56.